The minimum absolute atomic E-state index is 0.689. The maximum Gasteiger partial charge on any atom is 0.191 e. The predicted octanol–water partition coefficient (Wildman–Crippen LogP) is 2.93. The summed E-state index contributed by atoms with van der Waals surface area (Å²) in [7, 11) is 3.49. The van der Waals surface area contributed by atoms with Crippen LogP contribution in [0.3, 0.4) is 0 Å². The molecule has 0 radical (unpaired) electrons. The molecular weight excluding hydrogens is 320 g/mol. The minimum Gasteiger partial charge on any atom is -0.496 e. The number of benzene rings is 1. The number of ether oxygens (including phenoxy) is 1. The Bertz CT molecular complexity index is 681. The van der Waals surface area contributed by atoms with Gasteiger partial charge in [0.1, 0.15) is 5.75 Å². The van der Waals surface area contributed by atoms with E-state index in [4.69, 9.17) is 4.74 Å². The summed E-state index contributed by atoms with van der Waals surface area (Å²) in [5, 5.41) is 9.90. The number of rotatable bonds is 7. The highest BCUT2D eigenvalue weighted by Gasteiger charge is 2.04. The molecule has 1 heterocycles. The molecule has 2 rings (SSSR count). The van der Waals surface area contributed by atoms with Crippen LogP contribution in [0.15, 0.2) is 28.6 Å². The van der Waals surface area contributed by atoms with Crippen molar-refractivity contribution in [1.82, 2.24) is 15.6 Å². The second-order valence-corrected chi connectivity index (χ2v) is 6.44. The number of aromatic nitrogens is 1. The van der Waals surface area contributed by atoms with Gasteiger partial charge < -0.3 is 15.4 Å². The number of aliphatic imine (C=N–C) groups is 1. The Hall–Kier alpha value is -2.08. The van der Waals surface area contributed by atoms with Crippen LogP contribution < -0.4 is 15.4 Å². The number of nitrogens with one attached hydrogen (secondary N) is 2. The minimum atomic E-state index is 0.689. The van der Waals surface area contributed by atoms with Crippen molar-refractivity contribution in [2.75, 3.05) is 20.7 Å². The van der Waals surface area contributed by atoms with E-state index in [-0.39, 0.29) is 0 Å². The molecule has 1 aromatic carbocycles. The third-order valence-electron chi connectivity index (χ3n) is 3.74. The molecule has 0 fully saturated rings. The molecule has 1 aromatic heterocycles. The second-order valence-electron chi connectivity index (χ2n) is 5.49. The summed E-state index contributed by atoms with van der Waals surface area (Å²) in [5.74, 6) is 1.73. The highest BCUT2D eigenvalue weighted by atomic mass is 32.1. The number of nitrogens with zero attached hydrogens (tertiary/aromatic N) is 2. The van der Waals surface area contributed by atoms with Crippen LogP contribution in [-0.2, 0) is 19.4 Å². The topological polar surface area (TPSA) is 58.5 Å². The molecule has 2 N–H and O–H groups in total. The van der Waals surface area contributed by atoms with Crippen LogP contribution >= 0.6 is 11.3 Å². The van der Waals surface area contributed by atoms with Gasteiger partial charge in [0.05, 0.1) is 24.4 Å². The summed E-state index contributed by atoms with van der Waals surface area (Å²) in [6.07, 6.45) is 1.89. The molecule has 5 nitrogen and oxygen atoms in total. The van der Waals surface area contributed by atoms with Gasteiger partial charge in [-0.3, -0.25) is 4.99 Å². The Balaban J connectivity index is 1.79. The van der Waals surface area contributed by atoms with E-state index in [9.17, 15) is 0 Å². The van der Waals surface area contributed by atoms with Crippen LogP contribution in [0.25, 0.3) is 0 Å². The molecule has 0 aliphatic heterocycles. The van der Waals surface area contributed by atoms with Crippen molar-refractivity contribution in [2.45, 2.75) is 33.2 Å². The SMILES string of the molecule is CCc1nc(CNC(=NC)NCCc2ccc(C)c(OC)c2)cs1. The van der Waals surface area contributed by atoms with Crippen LogP contribution in [0.4, 0.5) is 0 Å². The summed E-state index contributed by atoms with van der Waals surface area (Å²) in [6, 6.07) is 6.32. The lowest BCUT2D eigenvalue weighted by atomic mass is 10.1. The van der Waals surface area contributed by atoms with E-state index in [1.54, 1.807) is 25.5 Å². The zero-order chi connectivity index (χ0) is 17.4. The van der Waals surface area contributed by atoms with E-state index < -0.39 is 0 Å². The normalized spacial score (nSPS) is 11.4. The average molecular weight is 347 g/mol. The Morgan fingerprint density at radius 2 is 2.17 bits per heavy atom. The van der Waals surface area contributed by atoms with E-state index >= 15 is 0 Å². The van der Waals surface area contributed by atoms with E-state index in [1.165, 1.54) is 10.6 Å². The zero-order valence-corrected chi connectivity index (χ0v) is 15.7. The zero-order valence-electron chi connectivity index (χ0n) is 14.8. The van der Waals surface area contributed by atoms with Crippen molar-refractivity contribution < 1.29 is 4.74 Å². The monoisotopic (exact) mass is 346 g/mol. The quantitative estimate of drug-likeness (QED) is 0.598. The van der Waals surface area contributed by atoms with Gasteiger partial charge in [-0.1, -0.05) is 19.1 Å². The lowest BCUT2D eigenvalue weighted by Crippen LogP contribution is -2.37. The van der Waals surface area contributed by atoms with Gasteiger partial charge in [0.25, 0.3) is 0 Å². The van der Waals surface area contributed by atoms with Gasteiger partial charge in [0, 0.05) is 19.0 Å². The van der Waals surface area contributed by atoms with Crippen LogP contribution in [0, 0.1) is 6.92 Å². The number of methoxy groups -OCH3 is 1. The molecule has 0 aliphatic rings. The third kappa shape index (κ3) is 5.23. The molecular formula is C18H26N4OS. The molecule has 24 heavy (non-hydrogen) atoms. The lowest BCUT2D eigenvalue weighted by Gasteiger charge is -2.12. The van der Waals surface area contributed by atoms with Gasteiger partial charge in [0.15, 0.2) is 5.96 Å². The Kier molecular flexibility index (Phi) is 7.06. The third-order valence-corrected chi connectivity index (χ3v) is 4.78. The van der Waals surface area contributed by atoms with Gasteiger partial charge in [-0.15, -0.1) is 11.3 Å². The molecule has 0 bridgehead atoms. The fourth-order valence-corrected chi connectivity index (χ4v) is 3.08. The van der Waals surface area contributed by atoms with Gasteiger partial charge in [-0.2, -0.15) is 0 Å². The standard InChI is InChI=1S/C18H26N4OS/c1-5-17-22-15(12-24-17)11-21-18(19-3)20-9-8-14-7-6-13(2)16(10-14)23-4/h6-7,10,12H,5,8-9,11H2,1-4H3,(H2,19,20,21). The predicted molar refractivity (Wildman–Crippen MR) is 101 cm³/mol. The van der Waals surface area contributed by atoms with E-state index in [1.807, 2.05) is 0 Å². The number of thiazole rings is 1. The summed E-state index contributed by atoms with van der Waals surface area (Å²) >= 11 is 1.71. The van der Waals surface area contributed by atoms with Gasteiger partial charge in [-0.25, -0.2) is 4.98 Å². The summed E-state index contributed by atoms with van der Waals surface area (Å²) in [5.41, 5.74) is 3.46. The summed E-state index contributed by atoms with van der Waals surface area (Å²) in [4.78, 5) is 8.80. The van der Waals surface area contributed by atoms with Crippen LogP contribution in [0.2, 0.25) is 0 Å². The van der Waals surface area contributed by atoms with Crippen molar-refractivity contribution in [1.29, 1.82) is 0 Å². The molecule has 0 saturated carbocycles. The van der Waals surface area contributed by atoms with Crippen molar-refractivity contribution >= 4 is 17.3 Å². The Morgan fingerprint density at radius 1 is 1.33 bits per heavy atom. The number of aryl methyl sites for hydroxylation is 2. The molecule has 130 valence electrons. The first-order valence-electron chi connectivity index (χ1n) is 8.17. The highest BCUT2D eigenvalue weighted by Crippen LogP contribution is 2.19. The summed E-state index contributed by atoms with van der Waals surface area (Å²) in [6.45, 7) is 5.67. The summed E-state index contributed by atoms with van der Waals surface area (Å²) < 4.78 is 5.37. The molecule has 0 atom stereocenters. The smallest absolute Gasteiger partial charge is 0.191 e. The van der Waals surface area contributed by atoms with E-state index in [2.05, 4.69) is 58.0 Å². The molecule has 0 amide bonds. The first kappa shape index (κ1) is 18.3. The molecule has 0 saturated heterocycles. The lowest BCUT2D eigenvalue weighted by molar-refractivity contribution is 0.411. The first-order valence-corrected chi connectivity index (χ1v) is 9.05. The fourth-order valence-electron chi connectivity index (χ4n) is 2.33. The molecule has 0 unspecified atom stereocenters. The van der Waals surface area contributed by atoms with Gasteiger partial charge in [-0.05, 0) is 37.0 Å². The average Bonchev–Trinajstić information content (AvgIpc) is 3.07. The molecule has 0 spiro atoms. The van der Waals surface area contributed by atoms with E-state index in [0.29, 0.717) is 6.54 Å². The van der Waals surface area contributed by atoms with Crippen LogP contribution in [0.1, 0.15) is 28.8 Å². The maximum atomic E-state index is 5.37. The van der Waals surface area contributed by atoms with Crippen molar-refractivity contribution in [3.8, 4) is 5.75 Å². The fraction of sp³-hybridized carbons (Fsp3) is 0.444. The van der Waals surface area contributed by atoms with E-state index in [0.717, 1.165) is 42.4 Å². The second kappa shape index (κ2) is 9.27. The molecule has 6 heteroatoms. The Labute approximate surface area is 148 Å². The molecule has 2 aromatic rings. The van der Waals surface area contributed by atoms with Crippen LogP contribution in [-0.4, -0.2) is 31.6 Å². The van der Waals surface area contributed by atoms with Crippen molar-refractivity contribution in [2.24, 2.45) is 4.99 Å². The van der Waals surface area contributed by atoms with Gasteiger partial charge in [0.2, 0.25) is 0 Å². The van der Waals surface area contributed by atoms with Crippen molar-refractivity contribution in [3.63, 3.8) is 0 Å². The van der Waals surface area contributed by atoms with Crippen LogP contribution in [0.5, 0.6) is 5.75 Å². The van der Waals surface area contributed by atoms with Gasteiger partial charge >= 0.3 is 0 Å². The maximum absolute atomic E-state index is 5.37. The Morgan fingerprint density at radius 3 is 2.83 bits per heavy atom. The highest BCUT2D eigenvalue weighted by molar-refractivity contribution is 7.09. The number of hydrogen-bond donors (Lipinski definition) is 2. The number of hydrogen-bond acceptors (Lipinski definition) is 4. The van der Waals surface area contributed by atoms with Crippen molar-refractivity contribution in [3.05, 3.63) is 45.4 Å². The largest absolute Gasteiger partial charge is 0.496 e. The molecule has 0 aliphatic carbocycles. The number of guanidine groups is 1. The first-order chi connectivity index (χ1) is 11.7.